The first-order chi connectivity index (χ1) is 9.13. The number of rotatable bonds is 8. The van der Waals surface area contributed by atoms with E-state index < -0.39 is 4.92 Å². The van der Waals surface area contributed by atoms with Gasteiger partial charge >= 0.3 is 0 Å². The standard InChI is InChI=1S/C13H19N3O3/c1-14-13(17)3-2-9-15-10-8-11-4-6-12(7-5-11)16(18)19/h4-7,15H,2-3,8-10H2,1H3,(H,14,17). The first-order valence-electron chi connectivity index (χ1n) is 6.28. The first-order valence-corrected chi connectivity index (χ1v) is 6.28. The van der Waals surface area contributed by atoms with E-state index in [1.807, 2.05) is 0 Å². The highest BCUT2D eigenvalue weighted by molar-refractivity contribution is 5.75. The van der Waals surface area contributed by atoms with Crippen LogP contribution in [-0.2, 0) is 11.2 Å². The molecule has 104 valence electrons. The molecule has 0 heterocycles. The molecule has 0 saturated carbocycles. The topological polar surface area (TPSA) is 84.3 Å². The van der Waals surface area contributed by atoms with Crippen LogP contribution in [0.2, 0.25) is 0 Å². The Hall–Kier alpha value is -1.95. The number of hydrogen-bond donors (Lipinski definition) is 2. The maximum absolute atomic E-state index is 11.0. The highest BCUT2D eigenvalue weighted by Crippen LogP contribution is 2.11. The van der Waals surface area contributed by atoms with Gasteiger partial charge in [-0.25, -0.2) is 0 Å². The summed E-state index contributed by atoms with van der Waals surface area (Å²) in [5.41, 5.74) is 1.17. The normalized spacial score (nSPS) is 10.2. The molecule has 0 aromatic heterocycles. The van der Waals surface area contributed by atoms with E-state index in [2.05, 4.69) is 10.6 Å². The van der Waals surface area contributed by atoms with Crippen molar-refractivity contribution in [3.8, 4) is 0 Å². The minimum absolute atomic E-state index is 0.0529. The summed E-state index contributed by atoms with van der Waals surface area (Å²) in [6.07, 6.45) is 2.15. The van der Waals surface area contributed by atoms with Crippen molar-refractivity contribution in [2.45, 2.75) is 19.3 Å². The second-order valence-corrected chi connectivity index (χ2v) is 4.20. The van der Waals surface area contributed by atoms with Crippen LogP contribution in [0, 0.1) is 10.1 Å². The smallest absolute Gasteiger partial charge is 0.269 e. The van der Waals surface area contributed by atoms with Crippen LogP contribution < -0.4 is 10.6 Å². The lowest BCUT2D eigenvalue weighted by Gasteiger charge is -2.04. The molecule has 1 aromatic carbocycles. The Balaban J connectivity index is 2.15. The fourth-order valence-electron chi connectivity index (χ4n) is 1.64. The average molecular weight is 265 g/mol. The Morgan fingerprint density at radius 2 is 1.95 bits per heavy atom. The SMILES string of the molecule is CNC(=O)CCCNCCc1ccc([N+](=O)[O-])cc1. The molecule has 0 aliphatic carbocycles. The van der Waals surface area contributed by atoms with Crippen molar-refractivity contribution >= 4 is 11.6 Å². The fourth-order valence-corrected chi connectivity index (χ4v) is 1.64. The molecular formula is C13H19N3O3. The minimum Gasteiger partial charge on any atom is -0.359 e. The number of nitro groups is 1. The zero-order valence-corrected chi connectivity index (χ0v) is 11.0. The molecule has 0 radical (unpaired) electrons. The van der Waals surface area contributed by atoms with Gasteiger partial charge in [0.1, 0.15) is 0 Å². The Morgan fingerprint density at radius 3 is 2.53 bits per heavy atom. The van der Waals surface area contributed by atoms with Crippen molar-refractivity contribution in [1.82, 2.24) is 10.6 Å². The van der Waals surface area contributed by atoms with Crippen LogP contribution in [0.3, 0.4) is 0 Å². The zero-order chi connectivity index (χ0) is 14.1. The van der Waals surface area contributed by atoms with Crippen LogP contribution in [0.15, 0.2) is 24.3 Å². The summed E-state index contributed by atoms with van der Waals surface area (Å²) < 4.78 is 0. The van der Waals surface area contributed by atoms with Gasteiger partial charge in [0.2, 0.25) is 5.91 Å². The molecular weight excluding hydrogens is 246 g/mol. The van der Waals surface area contributed by atoms with Crippen molar-refractivity contribution in [2.24, 2.45) is 0 Å². The summed E-state index contributed by atoms with van der Waals surface area (Å²) in [6, 6.07) is 6.57. The molecule has 0 aliphatic rings. The van der Waals surface area contributed by atoms with Crippen LogP contribution >= 0.6 is 0 Å². The van der Waals surface area contributed by atoms with Crippen LogP contribution in [0.25, 0.3) is 0 Å². The Kier molecular flexibility index (Phi) is 6.52. The number of benzene rings is 1. The van der Waals surface area contributed by atoms with Gasteiger partial charge in [-0.05, 0) is 31.5 Å². The van der Waals surface area contributed by atoms with Crippen molar-refractivity contribution < 1.29 is 9.72 Å². The summed E-state index contributed by atoms with van der Waals surface area (Å²) in [7, 11) is 1.63. The van der Waals surface area contributed by atoms with Crippen LogP contribution in [0.4, 0.5) is 5.69 Å². The molecule has 6 nitrogen and oxygen atoms in total. The number of carbonyl (C=O) groups excluding carboxylic acids is 1. The predicted octanol–water partition coefficient (Wildman–Crippen LogP) is 1.25. The second-order valence-electron chi connectivity index (χ2n) is 4.20. The molecule has 0 aliphatic heterocycles. The Bertz CT molecular complexity index is 418. The zero-order valence-electron chi connectivity index (χ0n) is 11.0. The van der Waals surface area contributed by atoms with Gasteiger partial charge in [-0.3, -0.25) is 14.9 Å². The fraction of sp³-hybridized carbons (Fsp3) is 0.462. The van der Waals surface area contributed by atoms with Crippen LogP contribution in [0.1, 0.15) is 18.4 Å². The Morgan fingerprint density at radius 1 is 1.26 bits per heavy atom. The van der Waals surface area contributed by atoms with Crippen LogP contribution in [0.5, 0.6) is 0 Å². The molecule has 6 heteroatoms. The number of amides is 1. The van der Waals surface area contributed by atoms with Crippen molar-refractivity contribution in [3.63, 3.8) is 0 Å². The summed E-state index contributed by atoms with van der Waals surface area (Å²) >= 11 is 0. The summed E-state index contributed by atoms with van der Waals surface area (Å²) in [6.45, 7) is 1.59. The molecule has 0 spiro atoms. The maximum atomic E-state index is 11.0. The molecule has 0 unspecified atom stereocenters. The molecule has 19 heavy (non-hydrogen) atoms. The second kappa shape index (κ2) is 8.20. The van der Waals surface area contributed by atoms with Gasteiger partial charge < -0.3 is 10.6 Å². The van der Waals surface area contributed by atoms with E-state index >= 15 is 0 Å². The highest BCUT2D eigenvalue weighted by Gasteiger charge is 2.03. The quantitative estimate of drug-likeness (QED) is 0.421. The number of nitro benzene ring substituents is 1. The number of carbonyl (C=O) groups is 1. The number of nitrogens with zero attached hydrogens (tertiary/aromatic N) is 1. The van der Waals surface area contributed by atoms with E-state index in [-0.39, 0.29) is 11.6 Å². The largest absolute Gasteiger partial charge is 0.359 e. The average Bonchev–Trinajstić information content (AvgIpc) is 2.42. The van der Waals surface area contributed by atoms with Crippen molar-refractivity contribution in [2.75, 3.05) is 20.1 Å². The van der Waals surface area contributed by atoms with E-state index in [0.717, 1.165) is 31.5 Å². The minimum atomic E-state index is -0.402. The number of hydrogen-bond acceptors (Lipinski definition) is 4. The maximum Gasteiger partial charge on any atom is 0.269 e. The molecule has 0 bridgehead atoms. The van der Waals surface area contributed by atoms with Gasteiger partial charge in [0.15, 0.2) is 0 Å². The summed E-state index contributed by atoms with van der Waals surface area (Å²) in [5.74, 6) is 0.0529. The monoisotopic (exact) mass is 265 g/mol. The van der Waals surface area contributed by atoms with Gasteiger partial charge in [0.05, 0.1) is 4.92 Å². The van der Waals surface area contributed by atoms with Gasteiger partial charge in [-0.15, -0.1) is 0 Å². The molecule has 1 aromatic rings. The molecule has 1 rings (SSSR count). The summed E-state index contributed by atoms with van der Waals surface area (Å²) in [5, 5.41) is 16.3. The van der Waals surface area contributed by atoms with E-state index in [9.17, 15) is 14.9 Å². The van der Waals surface area contributed by atoms with Gasteiger partial charge in [-0.2, -0.15) is 0 Å². The van der Waals surface area contributed by atoms with Crippen LogP contribution in [-0.4, -0.2) is 31.0 Å². The van der Waals surface area contributed by atoms with E-state index in [4.69, 9.17) is 0 Å². The molecule has 0 atom stereocenters. The lowest BCUT2D eigenvalue weighted by atomic mass is 10.1. The van der Waals surface area contributed by atoms with Gasteiger partial charge in [0, 0.05) is 25.6 Å². The molecule has 2 N–H and O–H groups in total. The highest BCUT2D eigenvalue weighted by atomic mass is 16.6. The summed E-state index contributed by atoms with van der Waals surface area (Å²) in [4.78, 5) is 21.0. The molecule has 1 amide bonds. The lowest BCUT2D eigenvalue weighted by Crippen LogP contribution is -2.22. The van der Waals surface area contributed by atoms with Gasteiger partial charge in [-0.1, -0.05) is 12.1 Å². The predicted molar refractivity (Wildman–Crippen MR) is 73.0 cm³/mol. The third-order valence-corrected chi connectivity index (χ3v) is 2.77. The molecule has 0 saturated heterocycles. The van der Waals surface area contributed by atoms with Crippen molar-refractivity contribution in [3.05, 3.63) is 39.9 Å². The lowest BCUT2D eigenvalue weighted by molar-refractivity contribution is -0.384. The van der Waals surface area contributed by atoms with E-state index in [1.54, 1.807) is 19.2 Å². The third kappa shape index (κ3) is 5.96. The first kappa shape index (κ1) is 15.1. The van der Waals surface area contributed by atoms with E-state index in [1.165, 1.54) is 12.1 Å². The van der Waals surface area contributed by atoms with E-state index in [0.29, 0.717) is 6.42 Å². The number of nitrogens with one attached hydrogen (secondary N) is 2. The Labute approximate surface area is 112 Å². The molecule has 0 fully saturated rings. The third-order valence-electron chi connectivity index (χ3n) is 2.77. The number of non-ortho nitro benzene ring substituents is 1. The van der Waals surface area contributed by atoms with Gasteiger partial charge in [0.25, 0.3) is 5.69 Å². The van der Waals surface area contributed by atoms with Crippen molar-refractivity contribution in [1.29, 1.82) is 0 Å².